The van der Waals surface area contributed by atoms with Crippen LogP contribution in [0.5, 0.6) is 6.01 Å². The molecule has 186 valence electrons. The van der Waals surface area contributed by atoms with Gasteiger partial charge in [0.1, 0.15) is 17.9 Å². The lowest BCUT2D eigenvalue weighted by atomic mass is 9.94. The van der Waals surface area contributed by atoms with Crippen molar-refractivity contribution in [1.29, 1.82) is 0 Å². The zero-order valence-electron chi connectivity index (χ0n) is 19.0. The van der Waals surface area contributed by atoms with Crippen molar-refractivity contribution >= 4 is 34.4 Å². The molecule has 6 heterocycles. The minimum absolute atomic E-state index is 0.00885. The lowest BCUT2D eigenvalue weighted by Gasteiger charge is -2.40. The smallest absolute Gasteiger partial charge is 0.407 e. The molecule has 2 aromatic rings. The minimum Gasteiger partial charge on any atom is -0.465 e. The van der Waals surface area contributed by atoms with Crippen molar-refractivity contribution in [3.8, 4) is 6.01 Å². The average Bonchev–Trinajstić information content (AvgIpc) is 3.48. The molecule has 4 aliphatic rings. The summed E-state index contributed by atoms with van der Waals surface area (Å²) >= 11 is 5.95. The number of anilines is 1. The number of carboxylic acid groups (broad SMARTS) is 1. The molecule has 2 bridgehead atoms. The summed E-state index contributed by atoms with van der Waals surface area (Å²) in [5.74, 6) is -0.305. The van der Waals surface area contributed by atoms with Crippen molar-refractivity contribution < 1.29 is 23.4 Å². The lowest BCUT2D eigenvalue weighted by molar-refractivity contribution is 0.107. The Morgan fingerprint density at radius 3 is 2.80 bits per heavy atom. The highest BCUT2D eigenvalue weighted by Crippen LogP contribution is 2.42. The van der Waals surface area contributed by atoms with E-state index in [-0.39, 0.29) is 40.9 Å². The zero-order chi connectivity index (χ0) is 24.3. The first-order valence-corrected chi connectivity index (χ1v) is 12.2. The molecule has 0 aliphatic carbocycles. The Morgan fingerprint density at radius 2 is 2.09 bits per heavy atom. The average molecular weight is 507 g/mol. The van der Waals surface area contributed by atoms with E-state index in [2.05, 4.69) is 19.9 Å². The summed E-state index contributed by atoms with van der Waals surface area (Å²) in [5, 5.41) is 9.70. The summed E-state index contributed by atoms with van der Waals surface area (Å²) in [6, 6.07) is -0.317. The van der Waals surface area contributed by atoms with Gasteiger partial charge >= 0.3 is 12.1 Å². The van der Waals surface area contributed by atoms with Crippen LogP contribution in [0, 0.1) is 5.82 Å². The van der Waals surface area contributed by atoms with E-state index < -0.39 is 11.9 Å². The van der Waals surface area contributed by atoms with E-state index in [4.69, 9.17) is 16.3 Å². The Bertz CT molecular complexity index is 1220. The molecule has 9 nitrogen and oxygen atoms in total. The molecule has 4 saturated heterocycles. The van der Waals surface area contributed by atoms with E-state index in [1.165, 1.54) is 11.1 Å². The minimum atomic E-state index is -0.924. The zero-order valence-corrected chi connectivity index (χ0v) is 19.7. The number of ether oxygens (including phenoxy) is 1. The summed E-state index contributed by atoms with van der Waals surface area (Å²) in [6.07, 6.45) is 5.18. The Labute approximate surface area is 205 Å². The number of aromatic nitrogens is 3. The second kappa shape index (κ2) is 8.41. The number of nitrogens with zero attached hydrogens (tertiary/aromatic N) is 6. The third-order valence-electron chi connectivity index (χ3n) is 7.92. The number of fused-ring (bicyclic) bond motifs is 4. The summed E-state index contributed by atoms with van der Waals surface area (Å²) in [6.45, 7) is 2.57. The van der Waals surface area contributed by atoms with Crippen molar-refractivity contribution in [3.63, 3.8) is 0 Å². The first kappa shape index (κ1) is 22.7. The predicted octanol–water partition coefficient (Wildman–Crippen LogP) is 3.62. The predicted molar refractivity (Wildman–Crippen MR) is 124 cm³/mol. The van der Waals surface area contributed by atoms with E-state index in [1.54, 1.807) is 0 Å². The van der Waals surface area contributed by atoms with Gasteiger partial charge in [0, 0.05) is 25.8 Å². The van der Waals surface area contributed by atoms with E-state index in [0.29, 0.717) is 43.6 Å². The molecule has 0 aromatic carbocycles. The molecule has 35 heavy (non-hydrogen) atoms. The first-order chi connectivity index (χ1) is 16.9. The maximum absolute atomic E-state index is 15.0. The van der Waals surface area contributed by atoms with Crippen LogP contribution in [0.4, 0.5) is 19.4 Å². The van der Waals surface area contributed by atoms with Gasteiger partial charge in [0.2, 0.25) is 0 Å². The molecule has 0 radical (unpaired) electrons. The van der Waals surface area contributed by atoms with E-state index in [1.807, 2.05) is 4.90 Å². The highest BCUT2D eigenvalue weighted by Gasteiger charge is 2.47. The molecule has 1 N–H and O–H groups in total. The Morgan fingerprint density at radius 1 is 1.31 bits per heavy atom. The summed E-state index contributed by atoms with van der Waals surface area (Å²) < 4.78 is 34.3. The fourth-order valence-corrected chi connectivity index (χ4v) is 6.48. The standard InChI is InChI=1S/C23H25ClF2N6O3/c24-19-17(26)18-16(8-27-19)20(30-10-14-2-3-15(11-30)32(14)22(33)34)29-21(28-18)35-12-23-4-1-5-31(23)9-13(6-23)7-25/h7-8,14-15H,1-6,9-12H2,(H,33,34)/t14-,15+,23?. The molecular formula is C23H25ClF2N6O3. The van der Waals surface area contributed by atoms with Gasteiger partial charge in [0.15, 0.2) is 11.0 Å². The molecule has 12 heteroatoms. The third kappa shape index (κ3) is 3.67. The fourth-order valence-electron chi connectivity index (χ4n) is 6.34. The molecular weight excluding hydrogens is 482 g/mol. The molecule has 2 aromatic heterocycles. The van der Waals surface area contributed by atoms with Gasteiger partial charge in [-0.2, -0.15) is 9.97 Å². The summed E-state index contributed by atoms with van der Waals surface area (Å²) in [7, 11) is 0. The van der Waals surface area contributed by atoms with Crippen LogP contribution in [-0.2, 0) is 0 Å². The molecule has 0 saturated carbocycles. The topological polar surface area (TPSA) is 94.9 Å². The number of pyridine rings is 1. The van der Waals surface area contributed by atoms with Crippen molar-refractivity contribution in [2.24, 2.45) is 0 Å². The van der Waals surface area contributed by atoms with Gasteiger partial charge in [0.25, 0.3) is 0 Å². The number of rotatable bonds is 4. The first-order valence-electron chi connectivity index (χ1n) is 11.8. The summed E-state index contributed by atoms with van der Waals surface area (Å²) in [4.78, 5) is 30.3. The van der Waals surface area contributed by atoms with Crippen LogP contribution in [0.1, 0.15) is 32.1 Å². The van der Waals surface area contributed by atoms with Crippen molar-refractivity contribution in [3.05, 3.63) is 29.1 Å². The molecule has 6 rings (SSSR count). The normalized spacial score (nSPS) is 29.4. The Kier molecular flexibility index (Phi) is 5.44. The van der Waals surface area contributed by atoms with Crippen LogP contribution in [0.2, 0.25) is 5.15 Å². The number of hydrogen-bond acceptors (Lipinski definition) is 7. The van der Waals surface area contributed by atoms with Gasteiger partial charge in [-0.15, -0.1) is 0 Å². The van der Waals surface area contributed by atoms with Crippen LogP contribution < -0.4 is 9.64 Å². The van der Waals surface area contributed by atoms with Crippen LogP contribution in [-0.4, -0.2) is 86.4 Å². The SMILES string of the molecule is O=C(O)N1[C@@H]2CC[C@H]1CN(c1nc(OCC34CCCN3CC(=CF)C4)nc3c(F)c(Cl)ncc13)C2. The van der Waals surface area contributed by atoms with Gasteiger partial charge in [-0.3, -0.25) is 9.80 Å². The molecule has 1 amide bonds. The van der Waals surface area contributed by atoms with Gasteiger partial charge in [-0.25, -0.2) is 18.6 Å². The van der Waals surface area contributed by atoms with Gasteiger partial charge in [-0.1, -0.05) is 11.6 Å². The second-order valence-electron chi connectivity index (χ2n) is 9.92. The van der Waals surface area contributed by atoms with Gasteiger partial charge < -0.3 is 14.7 Å². The van der Waals surface area contributed by atoms with Crippen molar-refractivity contribution in [1.82, 2.24) is 24.8 Å². The maximum Gasteiger partial charge on any atom is 0.407 e. The highest BCUT2D eigenvalue weighted by molar-refractivity contribution is 6.30. The van der Waals surface area contributed by atoms with Crippen LogP contribution >= 0.6 is 11.6 Å². The lowest BCUT2D eigenvalue weighted by Crippen LogP contribution is -2.55. The Balaban J connectivity index is 1.34. The van der Waals surface area contributed by atoms with E-state index >= 15 is 4.39 Å². The van der Waals surface area contributed by atoms with Crippen molar-refractivity contribution in [2.75, 3.05) is 37.7 Å². The van der Waals surface area contributed by atoms with E-state index in [9.17, 15) is 14.3 Å². The highest BCUT2D eigenvalue weighted by atomic mass is 35.5. The second-order valence-corrected chi connectivity index (χ2v) is 10.3. The van der Waals surface area contributed by atoms with Crippen molar-refractivity contribution in [2.45, 2.75) is 49.7 Å². The largest absolute Gasteiger partial charge is 0.465 e. The van der Waals surface area contributed by atoms with Crippen LogP contribution in [0.15, 0.2) is 18.1 Å². The van der Waals surface area contributed by atoms with Crippen LogP contribution in [0.25, 0.3) is 10.9 Å². The monoisotopic (exact) mass is 506 g/mol. The molecule has 0 spiro atoms. The third-order valence-corrected chi connectivity index (χ3v) is 8.18. The number of halogens is 3. The summed E-state index contributed by atoms with van der Waals surface area (Å²) in [5.41, 5.74) is 0.426. The molecule has 4 fully saturated rings. The van der Waals surface area contributed by atoms with Gasteiger partial charge in [-0.05, 0) is 44.2 Å². The fraction of sp³-hybridized carbons (Fsp3) is 0.565. The van der Waals surface area contributed by atoms with Crippen LogP contribution in [0.3, 0.4) is 0 Å². The van der Waals surface area contributed by atoms with E-state index in [0.717, 1.165) is 37.8 Å². The number of hydrogen-bond donors (Lipinski definition) is 1. The number of amides is 1. The molecule has 1 unspecified atom stereocenters. The molecule has 3 atom stereocenters. The quantitative estimate of drug-likeness (QED) is 0.628. The molecule has 4 aliphatic heterocycles. The number of carbonyl (C=O) groups is 1. The maximum atomic E-state index is 15.0. The van der Waals surface area contributed by atoms with Gasteiger partial charge in [0.05, 0.1) is 29.3 Å². The number of piperazine rings is 1. The Hall–Kier alpha value is -2.79.